The Hall–Kier alpha value is -0.930. The highest BCUT2D eigenvalue weighted by Crippen LogP contribution is 2.54. The summed E-state index contributed by atoms with van der Waals surface area (Å²) in [5.74, 6) is 2.06. The Balaban J connectivity index is 1.75. The molecule has 0 aliphatic heterocycles. The van der Waals surface area contributed by atoms with Crippen LogP contribution in [-0.2, 0) is 0 Å². The van der Waals surface area contributed by atoms with E-state index in [-0.39, 0.29) is 0 Å². The fourth-order valence-corrected chi connectivity index (χ4v) is 2.60. The van der Waals surface area contributed by atoms with Crippen molar-refractivity contribution < 1.29 is 4.52 Å². The topological polar surface area (TPSA) is 26.0 Å². The van der Waals surface area contributed by atoms with Gasteiger partial charge in [0.25, 0.3) is 0 Å². The van der Waals surface area contributed by atoms with Crippen LogP contribution in [-0.4, -0.2) is 11.4 Å². The zero-order valence-electron chi connectivity index (χ0n) is 9.39. The van der Waals surface area contributed by atoms with E-state index in [2.05, 4.69) is 17.3 Å². The van der Waals surface area contributed by atoms with E-state index in [4.69, 9.17) is 16.1 Å². The van der Waals surface area contributed by atoms with Gasteiger partial charge in [-0.3, -0.25) is 0 Å². The number of thioether (sulfide) groups is 1. The maximum Gasteiger partial charge on any atom is 0.141 e. The van der Waals surface area contributed by atoms with E-state index in [9.17, 15) is 0 Å². The van der Waals surface area contributed by atoms with E-state index in [0.29, 0.717) is 11.8 Å². The Bertz CT molecular complexity index is 522. The third kappa shape index (κ3) is 2.22. The molecule has 2 atom stereocenters. The van der Waals surface area contributed by atoms with Crippen LogP contribution in [0.3, 0.4) is 0 Å². The SMILES string of the molecule is CSc1cc([C@@H]2C[C@H]2c2ccc(Cl)cc2)on1. The van der Waals surface area contributed by atoms with Gasteiger partial charge in [-0.1, -0.05) is 28.9 Å². The van der Waals surface area contributed by atoms with Gasteiger partial charge in [-0.25, -0.2) is 0 Å². The van der Waals surface area contributed by atoms with Crippen LogP contribution >= 0.6 is 23.4 Å². The average Bonchev–Trinajstić information content (AvgIpc) is 3.00. The number of nitrogens with zero attached hydrogens (tertiary/aromatic N) is 1. The molecule has 1 fully saturated rings. The standard InChI is InChI=1S/C13H12ClNOS/c1-17-13-7-12(16-15-13)11-6-10(11)8-2-4-9(14)5-3-8/h2-5,7,10-11H,6H2,1H3/t10-,11+/m0/s1. The summed E-state index contributed by atoms with van der Waals surface area (Å²) < 4.78 is 5.36. The van der Waals surface area contributed by atoms with Gasteiger partial charge in [0.05, 0.1) is 0 Å². The third-order valence-electron chi connectivity index (χ3n) is 3.17. The fourth-order valence-electron chi connectivity index (χ4n) is 2.13. The molecule has 17 heavy (non-hydrogen) atoms. The lowest BCUT2D eigenvalue weighted by Crippen LogP contribution is -1.81. The molecule has 2 nitrogen and oxygen atoms in total. The molecule has 0 unspecified atom stereocenters. The zero-order chi connectivity index (χ0) is 11.8. The molecule has 0 saturated heterocycles. The minimum Gasteiger partial charge on any atom is -0.360 e. The molecule has 88 valence electrons. The Morgan fingerprint density at radius 2 is 2.06 bits per heavy atom. The molecule has 0 spiro atoms. The van der Waals surface area contributed by atoms with Gasteiger partial charge in [-0.05, 0) is 36.3 Å². The molecule has 0 amide bonds. The largest absolute Gasteiger partial charge is 0.360 e. The summed E-state index contributed by atoms with van der Waals surface area (Å²) >= 11 is 7.49. The van der Waals surface area contributed by atoms with Crippen molar-refractivity contribution >= 4 is 23.4 Å². The van der Waals surface area contributed by atoms with E-state index < -0.39 is 0 Å². The first-order valence-corrected chi connectivity index (χ1v) is 7.14. The zero-order valence-corrected chi connectivity index (χ0v) is 11.0. The van der Waals surface area contributed by atoms with Gasteiger partial charge < -0.3 is 4.52 Å². The van der Waals surface area contributed by atoms with Crippen LogP contribution in [0.2, 0.25) is 5.02 Å². The molecule has 1 aliphatic carbocycles. The minimum atomic E-state index is 0.490. The van der Waals surface area contributed by atoms with E-state index in [1.165, 1.54) is 5.56 Å². The van der Waals surface area contributed by atoms with Crippen LogP contribution in [0.15, 0.2) is 39.9 Å². The molecule has 1 aromatic carbocycles. The first-order chi connectivity index (χ1) is 8.28. The average molecular weight is 266 g/mol. The number of benzene rings is 1. The molecular weight excluding hydrogens is 254 g/mol. The highest BCUT2D eigenvalue weighted by molar-refractivity contribution is 7.98. The third-order valence-corrected chi connectivity index (χ3v) is 4.03. The summed E-state index contributed by atoms with van der Waals surface area (Å²) in [6, 6.07) is 10.1. The minimum absolute atomic E-state index is 0.490. The van der Waals surface area contributed by atoms with Crippen LogP contribution in [0, 0.1) is 0 Å². The Labute approximate surface area is 109 Å². The smallest absolute Gasteiger partial charge is 0.141 e. The van der Waals surface area contributed by atoms with Gasteiger partial charge in [-0.15, -0.1) is 11.8 Å². The lowest BCUT2D eigenvalue weighted by molar-refractivity contribution is 0.370. The second-order valence-electron chi connectivity index (χ2n) is 4.27. The summed E-state index contributed by atoms with van der Waals surface area (Å²) in [5, 5.41) is 5.75. The van der Waals surface area contributed by atoms with Crippen molar-refractivity contribution in [2.75, 3.05) is 6.26 Å². The van der Waals surface area contributed by atoms with Crippen molar-refractivity contribution in [3.05, 3.63) is 46.7 Å². The Kier molecular flexibility index (Phi) is 2.89. The summed E-state index contributed by atoms with van der Waals surface area (Å²) in [5.41, 5.74) is 1.33. The van der Waals surface area contributed by atoms with Crippen LogP contribution in [0.4, 0.5) is 0 Å². The summed E-state index contributed by atoms with van der Waals surface area (Å²) in [6.07, 6.45) is 3.15. The van der Waals surface area contributed by atoms with Crippen molar-refractivity contribution in [2.45, 2.75) is 23.3 Å². The van der Waals surface area contributed by atoms with Gasteiger partial charge in [0.15, 0.2) is 0 Å². The van der Waals surface area contributed by atoms with Crippen LogP contribution in [0.5, 0.6) is 0 Å². The quantitative estimate of drug-likeness (QED) is 0.773. The molecule has 0 bridgehead atoms. The number of hydrogen-bond donors (Lipinski definition) is 0. The fraction of sp³-hybridized carbons (Fsp3) is 0.308. The van der Waals surface area contributed by atoms with Gasteiger partial charge in [0, 0.05) is 17.0 Å². The maximum absolute atomic E-state index is 5.88. The highest BCUT2D eigenvalue weighted by atomic mass is 35.5. The van der Waals surface area contributed by atoms with Crippen molar-refractivity contribution in [1.29, 1.82) is 0 Å². The molecule has 1 heterocycles. The first kappa shape index (κ1) is 11.2. The summed E-state index contributed by atoms with van der Waals surface area (Å²) in [7, 11) is 0. The Morgan fingerprint density at radius 3 is 2.71 bits per heavy atom. The maximum atomic E-state index is 5.88. The van der Waals surface area contributed by atoms with Gasteiger partial charge >= 0.3 is 0 Å². The first-order valence-electron chi connectivity index (χ1n) is 5.54. The molecule has 1 aromatic heterocycles. The second kappa shape index (κ2) is 4.39. The van der Waals surface area contributed by atoms with Crippen LogP contribution in [0.1, 0.15) is 29.6 Å². The van der Waals surface area contributed by atoms with Gasteiger partial charge in [-0.2, -0.15) is 0 Å². The highest BCUT2D eigenvalue weighted by Gasteiger charge is 2.42. The van der Waals surface area contributed by atoms with Gasteiger partial charge in [0.2, 0.25) is 0 Å². The number of halogens is 1. The number of hydrogen-bond acceptors (Lipinski definition) is 3. The normalized spacial score (nSPS) is 22.7. The number of rotatable bonds is 3. The molecule has 2 aromatic rings. The van der Waals surface area contributed by atoms with E-state index >= 15 is 0 Å². The van der Waals surface area contributed by atoms with E-state index in [0.717, 1.165) is 22.2 Å². The van der Waals surface area contributed by atoms with Crippen molar-refractivity contribution in [3.8, 4) is 0 Å². The van der Waals surface area contributed by atoms with Crippen LogP contribution < -0.4 is 0 Å². The molecule has 4 heteroatoms. The van der Waals surface area contributed by atoms with Crippen molar-refractivity contribution in [3.63, 3.8) is 0 Å². The monoisotopic (exact) mass is 265 g/mol. The second-order valence-corrected chi connectivity index (χ2v) is 5.53. The Morgan fingerprint density at radius 1 is 1.29 bits per heavy atom. The summed E-state index contributed by atoms with van der Waals surface area (Å²) in [4.78, 5) is 0. The predicted octanol–water partition coefficient (Wildman–Crippen LogP) is 4.32. The number of aromatic nitrogens is 1. The molecule has 0 N–H and O–H groups in total. The van der Waals surface area contributed by atoms with Crippen molar-refractivity contribution in [2.24, 2.45) is 0 Å². The van der Waals surface area contributed by atoms with Crippen LogP contribution in [0.25, 0.3) is 0 Å². The van der Waals surface area contributed by atoms with E-state index in [1.807, 2.05) is 24.5 Å². The lowest BCUT2D eigenvalue weighted by Gasteiger charge is -1.98. The molecule has 0 radical (unpaired) electrons. The molecule has 1 aliphatic rings. The molecule has 1 saturated carbocycles. The van der Waals surface area contributed by atoms with Gasteiger partial charge in [0.1, 0.15) is 10.8 Å². The van der Waals surface area contributed by atoms with E-state index in [1.54, 1.807) is 11.8 Å². The predicted molar refractivity (Wildman–Crippen MR) is 69.8 cm³/mol. The van der Waals surface area contributed by atoms with Crippen molar-refractivity contribution in [1.82, 2.24) is 5.16 Å². The lowest BCUT2D eigenvalue weighted by atomic mass is 10.1. The molecular formula is C13H12ClNOS. The summed E-state index contributed by atoms with van der Waals surface area (Å²) in [6.45, 7) is 0. The molecule has 3 rings (SSSR count).